The number of carbonyl (C=O) groups excluding carboxylic acids is 2. The molecule has 1 fully saturated rings. The highest BCUT2D eigenvalue weighted by Gasteiger charge is 2.32. The Kier molecular flexibility index (Phi) is 5.37. The Labute approximate surface area is 176 Å². The summed E-state index contributed by atoms with van der Waals surface area (Å²) in [5, 5.41) is 0. The topological polar surface area (TPSA) is 72.0 Å². The van der Waals surface area contributed by atoms with Gasteiger partial charge in [0, 0.05) is 32.1 Å². The average molecular weight is 409 g/mol. The Morgan fingerprint density at radius 2 is 1.97 bits per heavy atom. The molecule has 2 aromatic rings. The third-order valence-electron chi connectivity index (χ3n) is 5.85. The van der Waals surface area contributed by atoms with Gasteiger partial charge in [-0.3, -0.25) is 4.79 Å². The summed E-state index contributed by atoms with van der Waals surface area (Å²) in [5.74, 6) is 1.15. The summed E-state index contributed by atoms with van der Waals surface area (Å²) in [6.07, 6.45) is 3.38. The van der Waals surface area contributed by atoms with Crippen molar-refractivity contribution in [2.45, 2.75) is 39.7 Å². The number of fused-ring (bicyclic) bond motifs is 1. The van der Waals surface area contributed by atoms with Crippen LogP contribution in [0.5, 0.6) is 11.6 Å². The smallest absolute Gasteiger partial charge is 0.416 e. The van der Waals surface area contributed by atoms with Gasteiger partial charge in [-0.1, -0.05) is 19.9 Å². The summed E-state index contributed by atoms with van der Waals surface area (Å²) in [6, 6.07) is 9.32. The van der Waals surface area contributed by atoms with Crippen LogP contribution in [-0.2, 0) is 17.8 Å². The van der Waals surface area contributed by atoms with E-state index in [4.69, 9.17) is 9.47 Å². The van der Waals surface area contributed by atoms with Gasteiger partial charge in [0.05, 0.1) is 19.0 Å². The van der Waals surface area contributed by atoms with Crippen LogP contribution in [0.1, 0.15) is 37.8 Å². The third kappa shape index (κ3) is 4.25. The lowest BCUT2D eigenvalue weighted by molar-refractivity contribution is -0.122. The van der Waals surface area contributed by atoms with E-state index in [1.807, 2.05) is 18.2 Å². The molecule has 0 atom stereocenters. The number of aromatic nitrogens is 1. The SMILES string of the molecule is COc1ccc2c(c1)CCN(C(=O)Oc1ccc(N3CCC(C)(C)CC3=O)cn1)C2. The van der Waals surface area contributed by atoms with E-state index in [1.54, 1.807) is 35.2 Å². The molecule has 0 bridgehead atoms. The van der Waals surface area contributed by atoms with E-state index in [9.17, 15) is 9.59 Å². The van der Waals surface area contributed by atoms with Gasteiger partial charge < -0.3 is 19.3 Å². The molecule has 2 aliphatic rings. The normalized spacial score (nSPS) is 18.0. The van der Waals surface area contributed by atoms with E-state index >= 15 is 0 Å². The minimum Gasteiger partial charge on any atom is -0.497 e. The number of methoxy groups -OCH3 is 1. The molecular formula is C23H27N3O4. The summed E-state index contributed by atoms with van der Waals surface area (Å²) in [4.78, 5) is 32.7. The zero-order valence-electron chi connectivity index (χ0n) is 17.7. The Morgan fingerprint density at radius 3 is 2.67 bits per heavy atom. The average Bonchev–Trinajstić information content (AvgIpc) is 2.73. The third-order valence-corrected chi connectivity index (χ3v) is 5.85. The van der Waals surface area contributed by atoms with Crippen molar-refractivity contribution in [1.82, 2.24) is 9.88 Å². The minimum absolute atomic E-state index is 0.0364. The fraction of sp³-hybridized carbons (Fsp3) is 0.435. The molecule has 158 valence electrons. The van der Waals surface area contributed by atoms with Crippen molar-refractivity contribution < 1.29 is 19.1 Å². The zero-order valence-corrected chi connectivity index (χ0v) is 17.7. The van der Waals surface area contributed by atoms with Gasteiger partial charge in [0.15, 0.2) is 0 Å². The highest BCUT2D eigenvalue weighted by atomic mass is 16.6. The molecule has 3 heterocycles. The van der Waals surface area contributed by atoms with Crippen molar-refractivity contribution in [2.75, 3.05) is 25.1 Å². The standard InChI is InChI=1S/C23H27N3O4/c1-23(2)9-11-26(21(27)13-23)18-5-7-20(24-14-18)30-22(28)25-10-8-16-12-19(29-3)6-4-17(16)15-25/h4-7,12,14H,8-11,13,15H2,1-3H3. The molecule has 2 aliphatic heterocycles. The first-order valence-electron chi connectivity index (χ1n) is 10.2. The number of anilines is 1. The van der Waals surface area contributed by atoms with Crippen LogP contribution in [0.25, 0.3) is 0 Å². The molecular weight excluding hydrogens is 382 g/mol. The number of benzene rings is 1. The molecule has 2 amide bonds. The minimum atomic E-state index is -0.424. The molecule has 0 aliphatic carbocycles. The number of carbonyl (C=O) groups is 2. The van der Waals surface area contributed by atoms with Gasteiger partial charge in [0.25, 0.3) is 0 Å². The quantitative estimate of drug-likeness (QED) is 0.771. The lowest BCUT2D eigenvalue weighted by Crippen LogP contribution is -2.42. The summed E-state index contributed by atoms with van der Waals surface area (Å²) >= 11 is 0. The zero-order chi connectivity index (χ0) is 21.3. The second-order valence-corrected chi connectivity index (χ2v) is 8.67. The largest absolute Gasteiger partial charge is 0.497 e. The number of piperidine rings is 1. The Balaban J connectivity index is 1.38. The maximum absolute atomic E-state index is 12.6. The number of amides is 2. The molecule has 30 heavy (non-hydrogen) atoms. The van der Waals surface area contributed by atoms with Crippen LogP contribution in [0.15, 0.2) is 36.5 Å². The number of rotatable bonds is 3. The first-order chi connectivity index (χ1) is 14.3. The van der Waals surface area contributed by atoms with Gasteiger partial charge in [-0.25, -0.2) is 9.78 Å². The van der Waals surface area contributed by atoms with Crippen LogP contribution in [0.4, 0.5) is 10.5 Å². The van der Waals surface area contributed by atoms with Crippen LogP contribution in [0.3, 0.4) is 0 Å². The fourth-order valence-corrected chi connectivity index (χ4v) is 3.96. The molecule has 1 saturated heterocycles. The molecule has 7 nitrogen and oxygen atoms in total. The summed E-state index contributed by atoms with van der Waals surface area (Å²) in [7, 11) is 1.65. The summed E-state index contributed by atoms with van der Waals surface area (Å²) in [6.45, 7) is 5.96. The first kappa shape index (κ1) is 20.2. The van der Waals surface area contributed by atoms with Crippen molar-refractivity contribution >= 4 is 17.7 Å². The number of hydrogen-bond donors (Lipinski definition) is 0. The molecule has 0 N–H and O–H groups in total. The van der Waals surface area contributed by atoms with Crippen LogP contribution in [0.2, 0.25) is 0 Å². The number of nitrogens with zero attached hydrogens (tertiary/aromatic N) is 3. The summed E-state index contributed by atoms with van der Waals surface area (Å²) in [5.41, 5.74) is 3.05. The van der Waals surface area contributed by atoms with Gasteiger partial charge in [0.2, 0.25) is 11.8 Å². The first-order valence-corrected chi connectivity index (χ1v) is 10.2. The van der Waals surface area contributed by atoms with Crippen LogP contribution in [0, 0.1) is 5.41 Å². The molecule has 0 radical (unpaired) electrons. The highest BCUT2D eigenvalue weighted by molar-refractivity contribution is 5.94. The van der Waals surface area contributed by atoms with Crippen molar-refractivity contribution in [2.24, 2.45) is 5.41 Å². The van der Waals surface area contributed by atoms with Crippen molar-refractivity contribution in [3.05, 3.63) is 47.7 Å². The van der Waals surface area contributed by atoms with E-state index in [-0.39, 0.29) is 17.2 Å². The predicted octanol–water partition coefficient (Wildman–Crippen LogP) is 3.80. The molecule has 1 aromatic carbocycles. The van der Waals surface area contributed by atoms with Crippen molar-refractivity contribution in [3.8, 4) is 11.6 Å². The lowest BCUT2D eigenvalue weighted by Gasteiger charge is -2.36. The molecule has 0 saturated carbocycles. The van der Waals surface area contributed by atoms with Gasteiger partial charge >= 0.3 is 6.09 Å². The summed E-state index contributed by atoms with van der Waals surface area (Å²) < 4.78 is 10.7. The highest BCUT2D eigenvalue weighted by Crippen LogP contribution is 2.33. The molecule has 0 spiro atoms. The van der Waals surface area contributed by atoms with E-state index < -0.39 is 6.09 Å². The van der Waals surface area contributed by atoms with Crippen molar-refractivity contribution in [1.29, 1.82) is 0 Å². The van der Waals surface area contributed by atoms with Crippen LogP contribution in [-0.4, -0.2) is 42.1 Å². The fourth-order valence-electron chi connectivity index (χ4n) is 3.96. The van der Waals surface area contributed by atoms with Gasteiger partial charge in [0.1, 0.15) is 5.75 Å². The molecule has 1 aromatic heterocycles. The van der Waals surface area contributed by atoms with Gasteiger partial charge in [-0.05, 0) is 47.6 Å². The van der Waals surface area contributed by atoms with Crippen molar-refractivity contribution in [3.63, 3.8) is 0 Å². The van der Waals surface area contributed by atoms with Crippen LogP contribution >= 0.6 is 0 Å². The lowest BCUT2D eigenvalue weighted by atomic mass is 9.82. The second kappa shape index (κ2) is 7.97. The van der Waals surface area contributed by atoms with Gasteiger partial charge in [-0.2, -0.15) is 0 Å². The van der Waals surface area contributed by atoms with Crippen LogP contribution < -0.4 is 14.4 Å². The van der Waals surface area contributed by atoms with E-state index in [0.29, 0.717) is 26.1 Å². The molecule has 0 unspecified atom stereocenters. The number of ether oxygens (including phenoxy) is 2. The van der Waals surface area contributed by atoms with E-state index in [0.717, 1.165) is 29.8 Å². The second-order valence-electron chi connectivity index (χ2n) is 8.67. The maximum Gasteiger partial charge on any atom is 0.416 e. The Bertz CT molecular complexity index is 955. The van der Waals surface area contributed by atoms with E-state index in [1.165, 1.54) is 5.56 Å². The predicted molar refractivity (Wildman–Crippen MR) is 113 cm³/mol. The monoisotopic (exact) mass is 409 g/mol. The Hall–Kier alpha value is -3.09. The molecule has 4 rings (SSSR count). The van der Waals surface area contributed by atoms with Gasteiger partial charge in [-0.15, -0.1) is 0 Å². The molecule has 7 heteroatoms. The Morgan fingerprint density at radius 1 is 1.13 bits per heavy atom. The number of pyridine rings is 1. The number of hydrogen-bond acceptors (Lipinski definition) is 5. The maximum atomic E-state index is 12.6. The van der Waals surface area contributed by atoms with E-state index in [2.05, 4.69) is 18.8 Å².